The Morgan fingerprint density at radius 1 is 0.885 bits per heavy atom. The number of amides is 1. The Balaban J connectivity index is 1.70. The molecular weight excluding hydrogens is 324 g/mol. The van der Waals surface area contributed by atoms with Crippen LogP contribution in [-0.2, 0) is 0 Å². The molecule has 132 valence electrons. The van der Waals surface area contributed by atoms with Gasteiger partial charge in [-0.25, -0.2) is 0 Å². The molecule has 0 aliphatic carbocycles. The normalized spacial score (nSPS) is 10.3. The highest BCUT2D eigenvalue weighted by atomic mass is 16.1. The maximum atomic E-state index is 12.5. The zero-order valence-corrected chi connectivity index (χ0v) is 15.2. The standard InChI is InChI=1S/C21H22N4O/c1-15-4-6-16(7-5-15)23-18-12-13-22-20(14-18)21(26)24-17-8-10-19(11-9-17)25(2)3/h4-14H,1-3H3,(H,22,23)(H,24,26). The summed E-state index contributed by atoms with van der Waals surface area (Å²) in [6, 6.07) is 19.3. The van der Waals surface area contributed by atoms with Crippen molar-refractivity contribution in [3.05, 3.63) is 78.1 Å². The molecule has 0 saturated heterocycles. The third-order valence-corrected chi connectivity index (χ3v) is 3.97. The highest BCUT2D eigenvalue weighted by Gasteiger charge is 2.09. The smallest absolute Gasteiger partial charge is 0.274 e. The predicted octanol–water partition coefficient (Wildman–Crippen LogP) is 4.45. The van der Waals surface area contributed by atoms with Crippen LogP contribution in [0.2, 0.25) is 0 Å². The summed E-state index contributed by atoms with van der Waals surface area (Å²) >= 11 is 0. The minimum absolute atomic E-state index is 0.241. The maximum Gasteiger partial charge on any atom is 0.274 e. The van der Waals surface area contributed by atoms with Crippen LogP contribution in [0.5, 0.6) is 0 Å². The van der Waals surface area contributed by atoms with E-state index in [0.717, 1.165) is 22.7 Å². The van der Waals surface area contributed by atoms with E-state index in [1.807, 2.05) is 80.5 Å². The first kappa shape index (κ1) is 17.5. The number of aromatic nitrogens is 1. The molecule has 0 fully saturated rings. The molecule has 26 heavy (non-hydrogen) atoms. The van der Waals surface area contributed by atoms with Crippen LogP contribution in [0.25, 0.3) is 0 Å². The number of aryl methyl sites for hydroxylation is 1. The molecule has 1 amide bonds. The van der Waals surface area contributed by atoms with Crippen LogP contribution in [0.15, 0.2) is 66.9 Å². The number of nitrogens with zero attached hydrogens (tertiary/aromatic N) is 2. The first-order valence-corrected chi connectivity index (χ1v) is 8.40. The van der Waals surface area contributed by atoms with Gasteiger partial charge in [0.1, 0.15) is 5.69 Å². The van der Waals surface area contributed by atoms with E-state index in [2.05, 4.69) is 15.6 Å². The van der Waals surface area contributed by atoms with E-state index in [-0.39, 0.29) is 5.91 Å². The molecule has 5 heteroatoms. The number of carbonyl (C=O) groups is 1. The van der Waals surface area contributed by atoms with Gasteiger partial charge in [-0.05, 0) is 55.5 Å². The molecule has 5 nitrogen and oxygen atoms in total. The number of hydrogen-bond acceptors (Lipinski definition) is 4. The second-order valence-corrected chi connectivity index (χ2v) is 6.32. The average molecular weight is 346 g/mol. The number of carbonyl (C=O) groups excluding carboxylic acids is 1. The highest BCUT2D eigenvalue weighted by molar-refractivity contribution is 6.03. The van der Waals surface area contributed by atoms with E-state index in [1.165, 1.54) is 5.56 Å². The molecule has 3 aromatic rings. The SMILES string of the molecule is Cc1ccc(Nc2ccnc(C(=O)Nc3ccc(N(C)C)cc3)c2)cc1. The van der Waals surface area contributed by atoms with Gasteiger partial charge in [0.2, 0.25) is 0 Å². The van der Waals surface area contributed by atoms with Crippen molar-refractivity contribution in [2.45, 2.75) is 6.92 Å². The van der Waals surface area contributed by atoms with Gasteiger partial charge in [0.25, 0.3) is 5.91 Å². The molecular formula is C21H22N4O. The molecule has 0 atom stereocenters. The van der Waals surface area contributed by atoms with Crippen LogP contribution in [0.3, 0.4) is 0 Å². The lowest BCUT2D eigenvalue weighted by Crippen LogP contribution is -2.14. The second-order valence-electron chi connectivity index (χ2n) is 6.32. The quantitative estimate of drug-likeness (QED) is 0.716. The number of pyridine rings is 1. The van der Waals surface area contributed by atoms with Crippen LogP contribution >= 0.6 is 0 Å². The van der Waals surface area contributed by atoms with E-state index in [9.17, 15) is 4.79 Å². The molecule has 1 aromatic heterocycles. The monoisotopic (exact) mass is 346 g/mol. The summed E-state index contributed by atoms with van der Waals surface area (Å²) in [6.45, 7) is 2.05. The Labute approximate surface area is 153 Å². The van der Waals surface area contributed by atoms with Crippen LogP contribution < -0.4 is 15.5 Å². The minimum atomic E-state index is -0.241. The van der Waals surface area contributed by atoms with Gasteiger partial charge in [0, 0.05) is 43.0 Å². The van der Waals surface area contributed by atoms with E-state index < -0.39 is 0 Å². The molecule has 3 rings (SSSR count). The number of anilines is 4. The fraction of sp³-hybridized carbons (Fsp3) is 0.143. The van der Waals surface area contributed by atoms with Gasteiger partial charge in [-0.3, -0.25) is 9.78 Å². The number of nitrogens with one attached hydrogen (secondary N) is 2. The Hall–Kier alpha value is -3.34. The van der Waals surface area contributed by atoms with Crippen molar-refractivity contribution in [2.24, 2.45) is 0 Å². The van der Waals surface area contributed by atoms with Gasteiger partial charge in [-0.15, -0.1) is 0 Å². The molecule has 0 spiro atoms. The molecule has 0 aliphatic rings. The lowest BCUT2D eigenvalue weighted by molar-refractivity contribution is 0.102. The van der Waals surface area contributed by atoms with Crippen LogP contribution in [-0.4, -0.2) is 25.0 Å². The van der Waals surface area contributed by atoms with E-state index in [0.29, 0.717) is 5.69 Å². The molecule has 0 unspecified atom stereocenters. The summed E-state index contributed by atoms with van der Waals surface area (Å²) in [5, 5.41) is 6.16. The van der Waals surface area contributed by atoms with Crippen molar-refractivity contribution in [1.29, 1.82) is 0 Å². The maximum absolute atomic E-state index is 12.5. The molecule has 2 aromatic carbocycles. The van der Waals surface area contributed by atoms with Gasteiger partial charge >= 0.3 is 0 Å². The molecule has 2 N–H and O–H groups in total. The van der Waals surface area contributed by atoms with E-state index in [4.69, 9.17) is 0 Å². The van der Waals surface area contributed by atoms with Gasteiger partial charge in [0.15, 0.2) is 0 Å². The summed E-state index contributed by atoms with van der Waals surface area (Å²) < 4.78 is 0. The Bertz CT molecular complexity index is 887. The molecule has 1 heterocycles. The van der Waals surface area contributed by atoms with Crippen molar-refractivity contribution in [3.63, 3.8) is 0 Å². The fourth-order valence-electron chi connectivity index (χ4n) is 2.47. The van der Waals surface area contributed by atoms with Crippen molar-refractivity contribution >= 4 is 28.7 Å². The predicted molar refractivity (Wildman–Crippen MR) is 107 cm³/mol. The second kappa shape index (κ2) is 7.70. The summed E-state index contributed by atoms with van der Waals surface area (Å²) in [4.78, 5) is 18.7. The average Bonchev–Trinajstić information content (AvgIpc) is 2.64. The zero-order valence-electron chi connectivity index (χ0n) is 15.2. The topological polar surface area (TPSA) is 57.3 Å². The van der Waals surface area contributed by atoms with Gasteiger partial charge < -0.3 is 15.5 Å². The van der Waals surface area contributed by atoms with E-state index >= 15 is 0 Å². The summed E-state index contributed by atoms with van der Waals surface area (Å²) in [7, 11) is 3.95. The minimum Gasteiger partial charge on any atom is -0.378 e. The summed E-state index contributed by atoms with van der Waals surface area (Å²) in [5.74, 6) is -0.241. The lowest BCUT2D eigenvalue weighted by Gasteiger charge is -2.13. The Kier molecular flexibility index (Phi) is 5.17. The number of rotatable bonds is 5. The largest absolute Gasteiger partial charge is 0.378 e. The Morgan fingerprint density at radius 2 is 1.54 bits per heavy atom. The zero-order chi connectivity index (χ0) is 18.5. The summed E-state index contributed by atoms with van der Waals surface area (Å²) in [6.07, 6.45) is 1.63. The molecule has 0 radical (unpaired) electrons. The third-order valence-electron chi connectivity index (χ3n) is 3.97. The highest BCUT2D eigenvalue weighted by Crippen LogP contribution is 2.19. The molecule has 0 aliphatic heterocycles. The van der Waals surface area contributed by atoms with E-state index in [1.54, 1.807) is 12.3 Å². The first-order valence-electron chi connectivity index (χ1n) is 8.40. The third kappa shape index (κ3) is 4.39. The van der Waals surface area contributed by atoms with Gasteiger partial charge in [0.05, 0.1) is 0 Å². The van der Waals surface area contributed by atoms with Crippen LogP contribution in [0, 0.1) is 6.92 Å². The van der Waals surface area contributed by atoms with Crippen LogP contribution in [0.4, 0.5) is 22.7 Å². The molecule has 0 bridgehead atoms. The van der Waals surface area contributed by atoms with Crippen molar-refractivity contribution in [3.8, 4) is 0 Å². The van der Waals surface area contributed by atoms with Crippen molar-refractivity contribution < 1.29 is 4.79 Å². The fourth-order valence-corrected chi connectivity index (χ4v) is 2.47. The summed E-state index contributed by atoms with van der Waals surface area (Å²) in [5.41, 5.74) is 5.15. The number of benzene rings is 2. The molecule has 0 saturated carbocycles. The van der Waals surface area contributed by atoms with Gasteiger partial charge in [-0.1, -0.05) is 17.7 Å². The van der Waals surface area contributed by atoms with Crippen molar-refractivity contribution in [1.82, 2.24) is 4.98 Å². The Morgan fingerprint density at radius 3 is 2.19 bits per heavy atom. The van der Waals surface area contributed by atoms with Crippen molar-refractivity contribution in [2.75, 3.05) is 29.6 Å². The lowest BCUT2D eigenvalue weighted by atomic mass is 10.2. The number of hydrogen-bond donors (Lipinski definition) is 2. The van der Waals surface area contributed by atoms with Gasteiger partial charge in [-0.2, -0.15) is 0 Å². The first-order chi connectivity index (χ1) is 12.5. The van der Waals surface area contributed by atoms with Crippen LogP contribution in [0.1, 0.15) is 16.1 Å².